The van der Waals surface area contributed by atoms with E-state index >= 15 is 0 Å². The molecule has 11 aromatic rings. The van der Waals surface area contributed by atoms with Crippen LogP contribution in [-0.4, -0.2) is 0 Å². The van der Waals surface area contributed by atoms with Crippen molar-refractivity contribution in [3.8, 4) is 22.3 Å². The first kappa shape index (κ1) is 27.5. The van der Waals surface area contributed by atoms with Gasteiger partial charge in [0.15, 0.2) is 0 Å². The SMILES string of the molecule is c1ccc2cc3c(-c4cccc5c4ccc4ccccc45)c(-c4cccc5c6ccccc6c6ccc7ccccc7c6c45)ccc3cc2c1. The third-order valence-corrected chi connectivity index (χ3v) is 11.0. The van der Waals surface area contributed by atoms with E-state index < -0.39 is 0 Å². The summed E-state index contributed by atoms with van der Waals surface area (Å²) in [6, 6.07) is 67.8. The van der Waals surface area contributed by atoms with Gasteiger partial charge in [-0.2, -0.15) is 0 Å². The minimum absolute atomic E-state index is 1.25. The van der Waals surface area contributed by atoms with Crippen molar-refractivity contribution in [2.45, 2.75) is 0 Å². The van der Waals surface area contributed by atoms with Crippen molar-refractivity contribution in [1.29, 1.82) is 0 Å². The molecule has 0 saturated heterocycles. The van der Waals surface area contributed by atoms with Crippen molar-refractivity contribution in [1.82, 2.24) is 0 Å². The highest BCUT2D eigenvalue weighted by molar-refractivity contribution is 6.34. The summed E-state index contributed by atoms with van der Waals surface area (Å²) in [6.07, 6.45) is 0. The maximum atomic E-state index is 2.41. The van der Waals surface area contributed by atoms with Crippen molar-refractivity contribution < 1.29 is 0 Å². The van der Waals surface area contributed by atoms with Gasteiger partial charge < -0.3 is 0 Å². The fourth-order valence-electron chi connectivity index (χ4n) is 8.78. The van der Waals surface area contributed by atoms with E-state index in [-0.39, 0.29) is 0 Å². The van der Waals surface area contributed by atoms with E-state index in [0.717, 1.165) is 0 Å². The highest BCUT2D eigenvalue weighted by Gasteiger charge is 2.20. The predicted octanol–water partition coefficient (Wildman–Crippen LogP) is 14.2. The maximum absolute atomic E-state index is 2.41. The maximum Gasteiger partial charge on any atom is -0.00139 e. The third-order valence-electron chi connectivity index (χ3n) is 11.0. The molecule has 0 aliphatic carbocycles. The number of hydrogen-bond donors (Lipinski definition) is 0. The number of hydrogen-bond acceptors (Lipinski definition) is 0. The molecule has 0 N–H and O–H groups in total. The zero-order chi connectivity index (χ0) is 32.8. The molecule has 0 aromatic heterocycles. The number of benzene rings is 11. The lowest BCUT2D eigenvalue weighted by Gasteiger charge is -2.20. The summed E-state index contributed by atoms with van der Waals surface area (Å²) in [4.78, 5) is 0. The lowest BCUT2D eigenvalue weighted by molar-refractivity contribution is 1.67. The molecule has 230 valence electrons. The molecule has 11 rings (SSSR count). The van der Waals surface area contributed by atoms with Crippen LogP contribution in [0.2, 0.25) is 0 Å². The predicted molar refractivity (Wildman–Crippen MR) is 217 cm³/mol. The monoisotopic (exact) mass is 630 g/mol. The van der Waals surface area contributed by atoms with Crippen LogP contribution in [0.4, 0.5) is 0 Å². The molecule has 0 bridgehead atoms. The number of fused-ring (bicyclic) bond motifs is 13. The molecule has 50 heavy (non-hydrogen) atoms. The van der Waals surface area contributed by atoms with E-state index in [9.17, 15) is 0 Å². The molecule has 0 spiro atoms. The Morgan fingerprint density at radius 2 is 0.700 bits per heavy atom. The molecule has 0 heterocycles. The summed E-state index contributed by atoms with van der Waals surface area (Å²) in [5.74, 6) is 0. The molecule has 0 heteroatoms. The summed E-state index contributed by atoms with van der Waals surface area (Å²) < 4.78 is 0. The van der Waals surface area contributed by atoms with Gasteiger partial charge in [-0.3, -0.25) is 0 Å². The molecular formula is C50H30. The van der Waals surface area contributed by atoms with Crippen LogP contribution in [0, 0.1) is 0 Å². The summed E-state index contributed by atoms with van der Waals surface area (Å²) in [5, 5.41) is 20.5. The van der Waals surface area contributed by atoms with Crippen LogP contribution in [0.25, 0.3) is 108 Å². The second-order valence-corrected chi connectivity index (χ2v) is 13.6. The lowest BCUT2D eigenvalue weighted by Crippen LogP contribution is -1.93. The van der Waals surface area contributed by atoms with Crippen molar-refractivity contribution >= 4 is 86.2 Å². The summed E-state index contributed by atoms with van der Waals surface area (Å²) in [7, 11) is 0. The van der Waals surface area contributed by atoms with Crippen molar-refractivity contribution in [3.63, 3.8) is 0 Å². The first-order chi connectivity index (χ1) is 24.8. The van der Waals surface area contributed by atoms with Gasteiger partial charge in [-0.25, -0.2) is 0 Å². The van der Waals surface area contributed by atoms with Gasteiger partial charge in [0.05, 0.1) is 0 Å². The summed E-state index contributed by atoms with van der Waals surface area (Å²) in [6.45, 7) is 0. The molecule has 0 unspecified atom stereocenters. The van der Waals surface area contributed by atoms with Gasteiger partial charge in [0, 0.05) is 0 Å². The molecular weight excluding hydrogens is 601 g/mol. The fourth-order valence-corrected chi connectivity index (χ4v) is 8.78. The van der Waals surface area contributed by atoms with Crippen molar-refractivity contribution in [2.75, 3.05) is 0 Å². The normalized spacial score (nSPS) is 12.0. The molecule has 0 amide bonds. The van der Waals surface area contributed by atoms with Crippen LogP contribution in [-0.2, 0) is 0 Å². The van der Waals surface area contributed by atoms with Crippen LogP contribution in [0.3, 0.4) is 0 Å². The zero-order valence-corrected chi connectivity index (χ0v) is 27.3. The Balaban J connectivity index is 1.36. The highest BCUT2D eigenvalue weighted by Crippen LogP contribution is 2.48. The van der Waals surface area contributed by atoms with E-state index in [0.29, 0.717) is 0 Å². The van der Waals surface area contributed by atoms with Crippen LogP contribution < -0.4 is 0 Å². The summed E-state index contributed by atoms with van der Waals surface area (Å²) >= 11 is 0. The van der Waals surface area contributed by atoms with Gasteiger partial charge in [-0.1, -0.05) is 170 Å². The van der Waals surface area contributed by atoms with Crippen LogP contribution >= 0.6 is 0 Å². The van der Waals surface area contributed by atoms with Crippen LogP contribution in [0.15, 0.2) is 182 Å². The molecule has 0 atom stereocenters. The first-order valence-corrected chi connectivity index (χ1v) is 17.4. The molecule has 11 aromatic carbocycles. The smallest absolute Gasteiger partial charge is 0.00139 e. The standard InChI is InChI=1S/C50H30/c1-2-14-34-30-47-35(29-33(34)13-1)25-28-46(48(47)42-20-9-19-38-36-15-5-3-11-31(36)23-26-41(38)42)44-22-10-21-43-39-17-7-8-18-40(39)45-27-24-32-12-4-6-16-37(32)49(45)50(43)44/h1-30H. The first-order valence-electron chi connectivity index (χ1n) is 17.4. The average molecular weight is 631 g/mol. The Kier molecular flexibility index (Phi) is 5.76. The van der Waals surface area contributed by atoms with Gasteiger partial charge in [-0.05, 0) is 121 Å². The lowest BCUT2D eigenvalue weighted by atomic mass is 9.82. The van der Waals surface area contributed by atoms with Gasteiger partial charge in [0.1, 0.15) is 0 Å². The minimum Gasteiger partial charge on any atom is -0.0616 e. The van der Waals surface area contributed by atoms with Gasteiger partial charge >= 0.3 is 0 Å². The Morgan fingerprint density at radius 3 is 1.46 bits per heavy atom. The molecule has 0 saturated carbocycles. The summed E-state index contributed by atoms with van der Waals surface area (Å²) in [5.41, 5.74) is 5.06. The van der Waals surface area contributed by atoms with Gasteiger partial charge in [-0.15, -0.1) is 0 Å². The molecule has 0 fully saturated rings. The molecule has 0 aliphatic heterocycles. The zero-order valence-electron chi connectivity index (χ0n) is 27.3. The van der Waals surface area contributed by atoms with Crippen molar-refractivity contribution in [3.05, 3.63) is 182 Å². The fraction of sp³-hybridized carbons (Fsp3) is 0. The Morgan fingerprint density at radius 1 is 0.200 bits per heavy atom. The highest BCUT2D eigenvalue weighted by atomic mass is 14.2. The van der Waals surface area contributed by atoms with Gasteiger partial charge in [0.25, 0.3) is 0 Å². The molecule has 0 nitrogen and oxygen atoms in total. The Hall–Kier alpha value is -6.50. The van der Waals surface area contributed by atoms with Crippen molar-refractivity contribution in [2.24, 2.45) is 0 Å². The minimum atomic E-state index is 1.25. The topological polar surface area (TPSA) is 0 Å². The second-order valence-electron chi connectivity index (χ2n) is 13.6. The van der Waals surface area contributed by atoms with Crippen LogP contribution in [0.5, 0.6) is 0 Å². The quantitative estimate of drug-likeness (QED) is 0.132. The largest absolute Gasteiger partial charge is 0.0616 e. The van der Waals surface area contributed by atoms with E-state index in [1.54, 1.807) is 0 Å². The Bertz CT molecular complexity index is 3200. The van der Waals surface area contributed by atoms with Crippen LogP contribution in [0.1, 0.15) is 0 Å². The van der Waals surface area contributed by atoms with Gasteiger partial charge in [0.2, 0.25) is 0 Å². The van der Waals surface area contributed by atoms with E-state index in [4.69, 9.17) is 0 Å². The van der Waals surface area contributed by atoms with E-state index in [1.165, 1.54) is 108 Å². The average Bonchev–Trinajstić information content (AvgIpc) is 3.19. The number of rotatable bonds is 2. The van der Waals surface area contributed by atoms with E-state index in [2.05, 4.69) is 182 Å². The Labute approximate surface area is 289 Å². The van der Waals surface area contributed by atoms with E-state index in [1.807, 2.05) is 0 Å². The molecule has 0 radical (unpaired) electrons. The second kappa shape index (κ2) is 10.5. The molecule has 0 aliphatic rings. The third kappa shape index (κ3) is 3.88.